The normalized spacial score (nSPS) is 13.6. The van der Waals surface area contributed by atoms with Crippen molar-refractivity contribution < 1.29 is 14.3 Å². The molecule has 0 radical (unpaired) electrons. The van der Waals surface area contributed by atoms with Gasteiger partial charge in [-0.15, -0.1) is 11.8 Å². The number of thioether (sulfide) groups is 1. The van der Waals surface area contributed by atoms with Gasteiger partial charge in [-0.05, 0) is 38.1 Å². The van der Waals surface area contributed by atoms with Crippen molar-refractivity contribution in [1.82, 2.24) is 10.3 Å². The van der Waals surface area contributed by atoms with Crippen molar-refractivity contribution in [2.45, 2.75) is 30.9 Å². The molecular weight excluding hydrogens is 300 g/mol. The lowest BCUT2D eigenvalue weighted by atomic mass is 10.0. The molecule has 118 valence electrons. The van der Waals surface area contributed by atoms with Gasteiger partial charge in [0.2, 0.25) is 5.91 Å². The minimum Gasteiger partial charge on any atom is -0.463 e. The molecule has 1 atom stereocenters. The highest BCUT2D eigenvalue weighted by Crippen LogP contribution is 2.22. The summed E-state index contributed by atoms with van der Waals surface area (Å²) < 4.78 is 5.41. The van der Waals surface area contributed by atoms with Gasteiger partial charge in [-0.2, -0.15) is 0 Å². The lowest BCUT2D eigenvalue weighted by molar-refractivity contribution is -0.122. The molecule has 1 amide bonds. The molecular formula is C16H20N2O3S. The molecule has 0 saturated carbocycles. The van der Waals surface area contributed by atoms with E-state index in [1.807, 2.05) is 25.1 Å². The molecule has 0 saturated heterocycles. The van der Waals surface area contributed by atoms with E-state index in [4.69, 9.17) is 4.42 Å². The number of aliphatic hydroxyl groups is 1. The van der Waals surface area contributed by atoms with Crippen LogP contribution in [0, 0.1) is 6.92 Å². The van der Waals surface area contributed by atoms with E-state index in [1.165, 1.54) is 11.8 Å². The number of nitrogens with one attached hydrogen (secondary N) is 1. The molecule has 2 aromatic rings. The Hall–Kier alpha value is -1.79. The maximum atomic E-state index is 11.8. The number of carbonyl (C=O) groups is 1. The molecule has 6 heteroatoms. The molecule has 5 nitrogen and oxygen atoms in total. The van der Waals surface area contributed by atoms with Gasteiger partial charge >= 0.3 is 0 Å². The van der Waals surface area contributed by atoms with Crippen LogP contribution < -0.4 is 5.32 Å². The van der Waals surface area contributed by atoms with Crippen molar-refractivity contribution in [3.05, 3.63) is 48.0 Å². The minimum absolute atomic E-state index is 0.105. The Morgan fingerprint density at radius 2 is 2.23 bits per heavy atom. The highest BCUT2D eigenvalue weighted by atomic mass is 32.2. The average molecular weight is 320 g/mol. The monoisotopic (exact) mass is 320 g/mol. The summed E-state index contributed by atoms with van der Waals surface area (Å²) in [4.78, 5) is 16.0. The van der Waals surface area contributed by atoms with Gasteiger partial charge in [0, 0.05) is 18.4 Å². The number of furan rings is 1. The zero-order valence-corrected chi connectivity index (χ0v) is 13.5. The molecule has 0 fully saturated rings. The van der Waals surface area contributed by atoms with E-state index >= 15 is 0 Å². The summed E-state index contributed by atoms with van der Waals surface area (Å²) in [5.41, 5.74) is -1.21. The molecule has 0 aliphatic rings. The topological polar surface area (TPSA) is 75.4 Å². The Kier molecular flexibility index (Phi) is 5.63. The number of amides is 1. The number of nitrogens with zero attached hydrogens (tertiary/aromatic N) is 1. The van der Waals surface area contributed by atoms with Crippen LogP contribution in [0.5, 0.6) is 0 Å². The molecule has 0 aliphatic carbocycles. The number of hydrogen-bond donors (Lipinski definition) is 2. The summed E-state index contributed by atoms with van der Waals surface area (Å²) in [5, 5.41) is 14.0. The van der Waals surface area contributed by atoms with Crippen LogP contribution >= 0.6 is 11.8 Å². The van der Waals surface area contributed by atoms with Gasteiger partial charge in [0.1, 0.15) is 17.1 Å². The van der Waals surface area contributed by atoms with E-state index in [9.17, 15) is 9.90 Å². The summed E-state index contributed by atoms with van der Waals surface area (Å²) in [7, 11) is 0. The van der Waals surface area contributed by atoms with Gasteiger partial charge in [0.25, 0.3) is 0 Å². The molecule has 1 unspecified atom stereocenters. The van der Waals surface area contributed by atoms with E-state index in [0.717, 1.165) is 10.8 Å². The van der Waals surface area contributed by atoms with Crippen molar-refractivity contribution in [2.24, 2.45) is 0 Å². The number of aromatic nitrogens is 1. The standard InChI is InChI=1S/C16H20N2O3S/c1-12-6-7-13(21-12)16(2,20)11-18-14(19)8-10-22-15-5-3-4-9-17-15/h3-7,9,20H,8,10-11H2,1-2H3,(H,18,19). The molecule has 0 bridgehead atoms. The highest BCUT2D eigenvalue weighted by Gasteiger charge is 2.27. The summed E-state index contributed by atoms with van der Waals surface area (Å²) in [6.07, 6.45) is 2.10. The van der Waals surface area contributed by atoms with Gasteiger partial charge in [-0.25, -0.2) is 4.98 Å². The number of aryl methyl sites for hydroxylation is 1. The Balaban J connectivity index is 1.73. The van der Waals surface area contributed by atoms with Crippen molar-refractivity contribution >= 4 is 17.7 Å². The van der Waals surface area contributed by atoms with Crippen LogP contribution in [0.25, 0.3) is 0 Å². The first-order valence-corrected chi connectivity index (χ1v) is 8.06. The maximum Gasteiger partial charge on any atom is 0.220 e. The van der Waals surface area contributed by atoms with E-state index in [2.05, 4.69) is 10.3 Å². The average Bonchev–Trinajstić information content (AvgIpc) is 2.94. The van der Waals surface area contributed by atoms with E-state index in [1.54, 1.807) is 25.3 Å². The molecule has 2 N–H and O–H groups in total. The Morgan fingerprint density at radius 1 is 1.41 bits per heavy atom. The second kappa shape index (κ2) is 7.47. The first-order chi connectivity index (χ1) is 10.5. The third kappa shape index (κ3) is 4.89. The molecule has 2 rings (SSSR count). The molecule has 0 aliphatic heterocycles. The second-order valence-electron chi connectivity index (χ2n) is 5.23. The number of pyridine rings is 1. The third-order valence-electron chi connectivity index (χ3n) is 3.12. The zero-order chi connectivity index (χ0) is 16.0. The molecule has 2 heterocycles. The fourth-order valence-electron chi connectivity index (χ4n) is 1.85. The van der Waals surface area contributed by atoms with E-state index in [0.29, 0.717) is 17.9 Å². The largest absolute Gasteiger partial charge is 0.463 e. The van der Waals surface area contributed by atoms with Crippen molar-refractivity contribution in [2.75, 3.05) is 12.3 Å². The van der Waals surface area contributed by atoms with Crippen LogP contribution in [-0.4, -0.2) is 28.3 Å². The first-order valence-electron chi connectivity index (χ1n) is 7.07. The van der Waals surface area contributed by atoms with Gasteiger partial charge in [-0.1, -0.05) is 6.07 Å². The van der Waals surface area contributed by atoms with E-state index in [-0.39, 0.29) is 12.5 Å². The van der Waals surface area contributed by atoms with Gasteiger partial charge in [0.15, 0.2) is 0 Å². The van der Waals surface area contributed by atoms with Crippen molar-refractivity contribution in [3.8, 4) is 0 Å². The van der Waals surface area contributed by atoms with Gasteiger partial charge in [0.05, 0.1) is 11.6 Å². The van der Waals surface area contributed by atoms with Gasteiger partial charge < -0.3 is 14.8 Å². The van der Waals surface area contributed by atoms with Crippen LogP contribution in [-0.2, 0) is 10.4 Å². The number of carbonyl (C=O) groups excluding carboxylic acids is 1. The van der Waals surface area contributed by atoms with E-state index < -0.39 is 5.60 Å². The predicted molar refractivity (Wildman–Crippen MR) is 85.6 cm³/mol. The zero-order valence-electron chi connectivity index (χ0n) is 12.7. The third-order valence-corrected chi connectivity index (χ3v) is 4.06. The second-order valence-corrected chi connectivity index (χ2v) is 6.34. The van der Waals surface area contributed by atoms with Crippen LogP contribution in [0.4, 0.5) is 0 Å². The Bertz CT molecular complexity index is 611. The van der Waals surface area contributed by atoms with Crippen LogP contribution in [0.3, 0.4) is 0 Å². The SMILES string of the molecule is Cc1ccc(C(C)(O)CNC(=O)CCSc2ccccn2)o1. The summed E-state index contributed by atoms with van der Waals surface area (Å²) in [6, 6.07) is 9.19. The highest BCUT2D eigenvalue weighted by molar-refractivity contribution is 7.99. The van der Waals surface area contributed by atoms with Crippen molar-refractivity contribution in [3.63, 3.8) is 0 Å². The molecule has 0 aromatic carbocycles. The first kappa shape index (κ1) is 16.6. The molecule has 0 spiro atoms. The molecule has 22 heavy (non-hydrogen) atoms. The Labute approximate surface area is 134 Å². The summed E-state index contributed by atoms with van der Waals surface area (Å²) in [6.45, 7) is 3.55. The van der Waals surface area contributed by atoms with Crippen molar-refractivity contribution in [1.29, 1.82) is 0 Å². The van der Waals surface area contributed by atoms with Crippen LogP contribution in [0.15, 0.2) is 46.0 Å². The number of rotatable bonds is 7. The summed E-state index contributed by atoms with van der Waals surface area (Å²) >= 11 is 1.53. The summed E-state index contributed by atoms with van der Waals surface area (Å²) in [5.74, 6) is 1.72. The maximum absolute atomic E-state index is 11.8. The number of hydrogen-bond acceptors (Lipinski definition) is 5. The van der Waals surface area contributed by atoms with Crippen LogP contribution in [0.1, 0.15) is 24.9 Å². The quantitative estimate of drug-likeness (QED) is 0.767. The Morgan fingerprint density at radius 3 is 2.86 bits per heavy atom. The molecule has 2 aromatic heterocycles. The van der Waals surface area contributed by atoms with Crippen LogP contribution in [0.2, 0.25) is 0 Å². The lowest BCUT2D eigenvalue weighted by Crippen LogP contribution is -2.38. The fourth-order valence-corrected chi connectivity index (χ4v) is 2.66. The van der Waals surface area contributed by atoms with Gasteiger partial charge in [-0.3, -0.25) is 4.79 Å². The minimum atomic E-state index is -1.21. The lowest BCUT2D eigenvalue weighted by Gasteiger charge is -2.21. The fraction of sp³-hybridized carbons (Fsp3) is 0.375. The smallest absolute Gasteiger partial charge is 0.220 e. The predicted octanol–water partition coefficient (Wildman–Crippen LogP) is 2.49.